The van der Waals surface area contributed by atoms with E-state index in [1.54, 1.807) is 16.8 Å². The number of aryl methyl sites for hydroxylation is 1. The lowest BCUT2D eigenvalue weighted by molar-refractivity contribution is -0.0964. The Kier molecular flexibility index (Phi) is 7.32. The van der Waals surface area contributed by atoms with Crippen molar-refractivity contribution in [3.05, 3.63) is 70.8 Å². The third kappa shape index (κ3) is 6.14. The Morgan fingerprint density at radius 1 is 1.20 bits per heavy atom. The minimum absolute atomic E-state index is 0.149. The predicted octanol–water partition coefficient (Wildman–Crippen LogP) is 4.19. The fraction of sp³-hybridized carbons (Fsp3) is 0.292. The van der Waals surface area contributed by atoms with E-state index in [9.17, 15) is 18.4 Å². The minimum atomic E-state index is -3.83. The average Bonchev–Trinajstić information content (AvgIpc) is 2.84. The molecule has 0 aliphatic carbocycles. The first-order valence-electron chi connectivity index (χ1n) is 10.9. The molecule has 1 amide bonds. The Hall–Kier alpha value is -3.50. The molecule has 0 radical (unpaired) electrons. The number of nitrogens with one attached hydrogen (secondary N) is 1. The van der Waals surface area contributed by atoms with Crippen molar-refractivity contribution in [1.29, 1.82) is 0 Å². The van der Waals surface area contributed by atoms with Crippen LogP contribution in [0.15, 0.2) is 59.7 Å². The predicted molar refractivity (Wildman–Crippen MR) is 128 cm³/mol. The Labute approximate surface area is 205 Å². The molecule has 1 aromatic carbocycles. The van der Waals surface area contributed by atoms with Crippen molar-refractivity contribution in [1.82, 2.24) is 9.55 Å². The van der Waals surface area contributed by atoms with Crippen LogP contribution < -0.4 is 20.5 Å². The van der Waals surface area contributed by atoms with E-state index in [0.717, 1.165) is 0 Å². The summed E-state index contributed by atoms with van der Waals surface area (Å²) in [6, 6.07) is 10.4. The van der Waals surface area contributed by atoms with E-state index in [2.05, 4.69) is 19.9 Å². The van der Waals surface area contributed by atoms with Gasteiger partial charge in [0.1, 0.15) is 11.6 Å². The molecule has 0 spiro atoms. The van der Waals surface area contributed by atoms with Crippen molar-refractivity contribution in [3.63, 3.8) is 0 Å². The summed E-state index contributed by atoms with van der Waals surface area (Å²) in [5, 5.41) is 2.70. The van der Waals surface area contributed by atoms with E-state index >= 15 is 0 Å². The van der Waals surface area contributed by atoms with Gasteiger partial charge in [0.05, 0.1) is 18.8 Å². The molecule has 1 fully saturated rings. The first-order valence-corrected chi connectivity index (χ1v) is 11.3. The van der Waals surface area contributed by atoms with Crippen LogP contribution in [-0.4, -0.2) is 47.3 Å². The van der Waals surface area contributed by atoms with Gasteiger partial charge in [-0.25, -0.2) is 4.98 Å². The second-order valence-corrected chi connectivity index (χ2v) is 8.20. The number of hydrogen-bond acceptors (Lipinski definition) is 6. The summed E-state index contributed by atoms with van der Waals surface area (Å²) in [6.45, 7) is 4.79. The molecule has 0 atom stereocenters. The molecular weight excluding hydrogens is 482 g/mol. The number of ether oxygens (including phenoxy) is 2. The highest BCUT2D eigenvalue weighted by Crippen LogP contribution is 2.30. The number of aromatic nitrogens is 2. The first kappa shape index (κ1) is 24.6. The number of carbonyl (C=O) groups excluding carboxylic acids is 1. The van der Waals surface area contributed by atoms with E-state index in [-0.39, 0.29) is 16.9 Å². The fourth-order valence-corrected chi connectivity index (χ4v) is 3.79. The van der Waals surface area contributed by atoms with Crippen LogP contribution >= 0.6 is 11.6 Å². The molecule has 4 rings (SSSR count). The van der Waals surface area contributed by atoms with Gasteiger partial charge in [-0.15, -0.1) is 8.78 Å². The molecule has 2 aromatic heterocycles. The zero-order chi connectivity index (χ0) is 25.0. The summed E-state index contributed by atoms with van der Waals surface area (Å²) >= 11 is 4.77. The smallest absolute Gasteiger partial charge is 0.420 e. The summed E-state index contributed by atoms with van der Waals surface area (Å²) in [5.41, 5.74) is -2.06. The maximum Gasteiger partial charge on any atom is 0.487 e. The van der Waals surface area contributed by atoms with Gasteiger partial charge in [0, 0.05) is 60.9 Å². The molecule has 1 aliphatic heterocycles. The number of amides is 1. The summed E-state index contributed by atoms with van der Waals surface area (Å²) < 4.78 is 36.9. The third-order valence-corrected chi connectivity index (χ3v) is 5.51. The average molecular weight is 505 g/mol. The highest BCUT2D eigenvalue weighted by atomic mass is 35.5. The topological polar surface area (TPSA) is 85.7 Å². The van der Waals surface area contributed by atoms with Crippen molar-refractivity contribution in [2.75, 3.05) is 36.5 Å². The van der Waals surface area contributed by atoms with Gasteiger partial charge in [0.15, 0.2) is 0 Å². The lowest BCUT2D eigenvalue weighted by Crippen LogP contribution is -2.37. The first-order chi connectivity index (χ1) is 16.7. The molecule has 184 valence electrons. The molecule has 0 bridgehead atoms. The number of halogens is 3. The molecule has 11 heteroatoms. The molecule has 0 unspecified atom stereocenters. The van der Waals surface area contributed by atoms with Crippen LogP contribution in [0.5, 0.6) is 5.75 Å². The Balaban J connectivity index is 1.63. The monoisotopic (exact) mass is 504 g/mol. The number of nitrogens with zero attached hydrogens (tertiary/aromatic N) is 3. The molecule has 0 saturated carbocycles. The number of benzene rings is 1. The number of rotatable bonds is 7. The molecule has 8 nitrogen and oxygen atoms in total. The standard InChI is InChI=1S/C24H23ClF2N4O4/c1-2-30-8-7-16(14-21(30)32)20-13-17(15-28-22(20)31-9-11-34-12-10-31)23(33)29-18-3-5-19(6-4-18)35-24(25,26)27/h3-8,13-15H,2,9-12H2,1H3,(H,29,33). The van der Waals surface area contributed by atoms with E-state index in [0.29, 0.717) is 55.5 Å². The largest absolute Gasteiger partial charge is 0.487 e. The lowest BCUT2D eigenvalue weighted by atomic mass is 10.0. The van der Waals surface area contributed by atoms with Crippen LogP contribution in [0.1, 0.15) is 17.3 Å². The molecular formula is C24H23ClF2N4O4. The van der Waals surface area contributed by atoms with Crippen molar-refractivity contribution in [2.24, 2.45) is 0 Å². The van der Waals surface area contributed by atoms with Gasteiger partial charge in [-0.3, -0.25) is 9.59 Å². The number of hydrogen-bond donors (Lipinski definition) is 1. The van der Waals surface area contributed by atoms with Crippen molar-refractivity contribution >= 4 is 29.0 Å². The van der Waals surface area contributed by atoms with Crippen molar-refractivity contribution in [2.45, 2.75) is 19.0 Å². The second-order valence-electron chi connectivity index (χ2n) is 7.76. The molecule has 3 aromatic rings. The number of morpholine rings is 1. The lowest BCUT2D eigenvalue weighted by Gasteiger charge is -2.29. The quantitative estimate of drug-likeness (QED) is 0.486. The zero-order valence-electron chi connectivity index (χ0n) is 18.8. The normalized spacial score (nSPS) is 14.0. The summed E-state index contributed by atoms with van der Waals surface area (Å²) in [6.07, 6.45) is 3.17. The SMILES string of the molecule is CCn1ccc(-c2cc(C(=O)Nc3ccc(OC(F)(F)Cl)cc3)cnc2N2CCOCC2)cc1=O. The van der Waals surface area contributed by atoms with Crippen LogP contribution in [0, 0.1) is 0 Å². The zero-order valence-corrected chi connectivity index (χ0v) is 19.6. The van der Waals surface area contributed by atoms with Gasteiger partial charge < -0.3 is 24.3 Å². The van der Waals surface area contributed by atoms with Gasteiger partial charge in [0.2, 0.25) is 0 Å². The van der Waals surface area contributed by atoms with E-state index in [1.165, 1.54) is 36.5 Å². The van der Waals surface area contributed by atoms with Gasteiger partial charge in [-0.1, -0.05) is 0 Å². The van der Waals surface area contributed by atoms with Gasteiger partial charge >= 0.3 is 5.57 Å². The Morgan fingerprint density at radius 2 is 1.91 bits per heavy atom. The number of alkyl halides is 3. The highest BCUT2D eigenvalue weighted by molar-refractivity contribution is 6.20. The summed E-state index contributed by atoms with van der Waals surface area (Å²) in [4.78, 5) is 32.0. The van der Waals surface area contributed by atoms with Gasteiger partial charge in [-0.2, -0.15) is 0 Å². The minimum Gasteiger partial charge on any atom is -0.420 e. The van der Waals surface area contributed by atoms with Crippen LogP contribution in [-0.2, 0) is 11.3 Å². The summed E-state index contributed by atoms with van der Waals surface area (Å²) in [5.74, 6) is 0.0520. The summed E-state index contributed by atoms with van der Waals surface area (Å²) in [7, 11) is 0. The van der Waals surface area contributed by atoms with E-state index in [4.69, 9.17) is 16.3 Å². The van der Waals surface area contributed by atoms with Crippen LogP contribution in [0.3, 0.4) is 0 Å². The fourth-order valence-electron chi connectivity index (χ4n) is 3.70. The van der Waals surface area contributed by atoms with Crippen molar-refractivity contribution < 1.29 is 23.0 Å². The van der Waals surface area contributed by atoms with E-state index < -0.39 is 11.5 Å². The molecule has 1 saturated heterocycles. The molecule has 35 heavy (non-hydrogen) atoms. The maximum atomic E-state index is 12.9. The van der Waals surface area contributed by atoms with Crippen LogP contribution in [0.4, 0.5) is 20.3 Å². The van der Waals surface area contributed by atoms with Crippen LogP contribution in [0.25, 0.3) is 11.1 Å². The van der Waals surface area contributed by atoms with E-state index in [1.807, 2.05) is 13.0 Å². The number of pyridine rings is 2. The molecule has 3 heterocycles. The van der Waals surface area contributed by atoms with Gasteiger partial charge in [-0.05, 0) is 48.9 Å². The molecule has 1 N–H and O–H groups in total. The number of carbonyl (C=O) groups is 1. The van der Waals surface area contributed by atoms with Crippen LogP contribution in [0.2, 0.25) is 0 Å². The van der Waals surface area contributed by atoms with Gasteiger partial charge in [0.25, 0.3) is 11.5 Å². The number of anilines is 2. The van der Waals surface area contributed by atoms with Crippen molar-refractivity contribution in [3.8, 4) is 16.9 Å². The highest BCUT2D eigenvalue weighted by Gasteiger charge is 2.27. The Morgan fingerprint density at radius 3 is 2.54 bits per heavy atom. The second kappa shape index (κ2) is 10.4. The Bertz CT molecular complexity index is 1260. The maximum absolute atomic E-state index is 12.9. The molecule has 1 aliphatic rings. The third-order valence-electron chi connectivity index (χ3n) is 5.43.